The van der Waals surface area contributed by atoms with Gasteiger partial charge in [0.15, 0.2) is 11.6 Å². The van der Waals surface area contributed by atoms with Crippen molar-refractivity contribution in [1.29, 1.82) is 0 Å². The van der Waals surface area contributed by atoms with E-state index in [-0.39, 0.29) is 11.6 Å². The summed E-state index contributed by atoms with van der Waals surface area (Å²) in [6.07, 6.45) is 6.95. The van der Waals surface area contributed by atoms with E-state index in [1.54, 1.807) is 18.3 Å². The number of carbonyl (C=O) groups is 1. The van der Waals surface area contributed by atoms with Crippen LogP contribution in [0.2, 0.25) is 0 Å². The molecule has 0 N–H and O–H groups in total. The van der Waals surface area contributed by atoms with Gasteiger partial charge in [-0.25, -0.2) is 9.37 Å². The average Bonchev–Trinajstić information content (AvgIpc) is 3.35. The zero-order chi connectivity index (χ0) is 17.4. The van der Waals surface area contributed by atoms with Crippen LogP contribution < -0.4 is 4.74 Å². The second-order valence-electron chi connectivity index (χ2n) is 6.64. The molecular weight excluding hydrogens is 319 g/mol. The molecule has 2 heterocycles. The first-order chi connectivity index (χ1) is 12.1. The maximum atomic E-state index is 13.9. The van der Waals surface area contributed by atoms with E-state index in [2.05, 4.69) is 4.98 Å². The molecule has 1 aromatic carbocycles. The Bertz CT molecular complexity index is 944. The summed E-state index contributed by atoms with van der Waals surface area (Å²) in [6, 6.07) is 8.47. The van der Waals surface area contributed by atoms with Crippen LogP contribution >= 0.6 is 0 Å². The largest absolute Gasteiger partial charge is 0.453 e. The third-order valence-corrected chi connectivity index (χ3v) is 4.45. The van der Waals surface area contributed by atoms with Crippen LogP contribution in [0, 0.1) is 18.7 Å². The highest BCUT2D eigenvalue weighted by molar-refractivity contribution is 5.83. The van der Waals surface area contributed by atoms with E-state index < -0.39 is 0 Å². The molecule has 5 heteroatoms. The number of nitrogens with zero attached hydrogens (tertiary/aromatic N) is 2. The van der Waals surface area contributed by atoms with Gasteiger partial charge < -0.3 is 9.14 Å². The number of Topliss-reactive ketones (excluding diaryl/α,β-unsaturated/α-hetero) is 1. The minimum absolute atomic E-state index is 0.195. The molecule has 1 fully saturated rings. The Kier molecular flexibility index (Phi) is 3.99. The molecule has 0 bridgehead atoms. The van der Waals surface area contributed by atoms with Crippen LogP contribution in [0.4, 0.5) is 4.39 Å². The number of rotatable bonds is 6. The lowest BCUT2D eigenvalue weighted by molar-refractivity contribution is -0.120. The van der Waals surface area contributed by atoms with Gasteiger partial charge in [0, 0.05) is 18.5 Å². The molecule has 0 unspecified atom stereocenters. The minimum Gasteiger partial charge on any atom is -0.453 e. The fraction of sp³-hybridized carbons (Fsp3) is 0.300. The summed E-state index contributed by atoms with van der Waals surface area (Å²) in [7, 11) is 0. The number of halogens is 1. The monoisotopic (exact) mass is 338 g/mol. The summed E-state index contributed by atoms with van der Waals surface area (Å²) < 4.78 is 21.4. The molecule has 1 saturated carbocycles. The van der Waals surface area contributed by atoms with Crippen molar-refractivity contribution in [3.8, 4) is 11.5 Å². The molecule has 0 radical (unpaired) electrons. The molecule has 2 aromatic heterocycles. The normalized spacial score (nSPS) is 14.0. The minimum atomic E-state index is -0.384. The van der Waals surface area contributed by atoms with E-state index in [0.717, 1.165) is 29.7 Å². The number of hydrogen-bond donors (Lipinski definition) is 0. The van der Waals surface area contributed by atoms with E-state index in [1.165, 1.54) is 6.07 Å². The van der Waals surface area contributed by atoms with Crippen LogP contribution in [0.15, 0.2) is 42.7 Å². The van der Waals surface area contributed by atoms with Gasteiger partial charge in [0.05, 0.1) is 11.9 Å². The Labute approximate surface area is 145 Å². The van der Waals surface area contributed by atoms with Crippen LogP contribution in [-0.2, 0) is 11.2 Å². The standard InChI is InChI=1S/C20H19FN2O2/c1-13-2-8-19(17(21)10-13)25-16-6-9-20-22-15(11-23(20)12-16)5-7-18(24)14-3-4-14/h2,6,8-12,14H,3-5,7H2,1H3. The number of ketones is 1. The molecule has 4 rings (SSSR count). The fourth-order valence-electron chi connectivity index (χ4n) is 2.88. The Morgan fingerprint density at radius 1 is 1.28 bits per heavy atom. The predicted octanol–water partition coefficient (Wildman–Crippen LogP) is 4.49. The summed E-state index contributed by atoms with van der Waals surface area (Å²) in [6.45, 7) is 1.83. The van der Waals surface area contributed by atoms with Crippen molar-refractivity contribution in [2.45, 2.75) is 32.6 Å². The lowest BCUT2D eigenvalue weighted by atomic mass is 10.1. The molecule has 1 aliphatic rings. The van der Waals surface area contributed by atoms with Crippen molar-refractivity contribution >= 4 is 11.4 Å². The quantitative estimate of drug-likeness (QED) is 0.665. The topological polar surface area (TPSA) is 43.6 Å². The predicted molar refractivity (Wildman–Crippen MR) is 92.5 cm³/mol. The first-order valence-corrected chi connectivity index (χ1v) is 8.53. The smallest absolute Gasteiger partial charge is 0.165 e. The van der Waals surface area contributed by atoms with Crippen LogP contribution in [0.1, 0.15) is 30.5 Å². The Balaban J connectivity index is 1.50. The molecule has 1 aliphatic carbocycles. The summed E-state index contributed by atoms with van der Waals surface area (Å²) >= 11 is 0. The van der Waals surface area contributed by atoms with E-state index >= 15 is 0 Å². The number of aryl methyl sites for hydroxylation is 2. The number of ether oxygens (including phenoxy) is 1. The second kappa shape index (κ2) is 6.31. The Morgan fingerprint density at radius 3 is 2.88 bits per heavy atom. The Morgan fingerprint density at radius 2 is 2.12 bits per heavy atom. The highest BCUT2D eigenvalue weighted by Gasteiger charge is 2.28. The highest BCUT2D eigenvalue weighted by Crippen LogP contribution is 2.31. The highest BCUT2D eigenvalue weighted by atomic mass is 19.1. The Hall–Kier alpha value is -2.69. The first-order valence-electron chi connectivity index (χ1n) is 8.53. The lowest BCUT2D eigenvalue weighted by Gasteiger charge is -2.07. The van der Waals surface area contributed by atoms with Gasteiger partial charge in [-0.05, 0) is 56.0 Å². The van der Waals surface area contributed by atoms with Crippen molar-refractivity contribution in [2.24, 2.45) is 5.92 Å². The maximum Gasteiger partial charge on any atom is 0.165 e. The van der Waals surface area contributed by atoms with Crippen molar-refractivity contribution in [1.82, 2.24) is 9.38 Å². The van der Waals surface area contributed by atoms with E-state index in [1.807, 2.05) is 29.7 Å². The van der Waals surface area contributed by atoms with Gasteiger partial charge >= 0.3 is 0 Å². The van der Waals surface area contributed by atoms with Gasteiger partial charge in [0.1, 0.15) is 17.2 Å². The summed E-state index contributed by atoms with van der Waals surface area (Å²) in [4.78, 5) is 16.3. The van der Waals surface area contributed by atoms with Crippen LogP contribution in [0.3, 0.4) is 0 Å². The first kappa shape index (κ1) is 15.8. The van der Waals surface area contributed by atoms with Gasteiger partial charge in [-0.3, -0.25) is 4.79 Å². The van der Waals surface area contributed by atoms with Gasteiger partial charge in [-0.2, -0.15) is 0 Å². The molecule has 0 spiro atoms. The van der Waals surface area contributed by atoms with Gasteiger partial charge in [-0.15, -0.1) is 0 Å². The SMILES string of the molecule is Cc1ccc(Oc2ccc3nc(CCC(=O)C4CC4)cn3c2)c(F)c1. The number of hydrogen-bond acceptors (Lipinski definition) is 3. The molecule has 128 valence electrons. The van der Waals surface area contributed by atoms with E-state index in [0.29, 0.717) is 30.3 Å². The third-order valence-electron chi connectivity index (χ3n) is 4.45. The van der Waals surface area contributed by atoms with Gasteiger partial charge in [0.25, 0.3) is 0 Å². The fourth-order valence-corrected chi connectivity index (χ4v) is 2.88. The number of aromatic nitrogens is 2. The third kappa shape index (κ3) is 3.55. The molecule has 0 amide bonds. The molecule has 0 aliphatic heterocycles. The molecule has 4 nitrogen and oxygen atoms in total. The van der Waals surface area contributed by atoms with Crippen LogP contribution in [0.5, 0.6) is 11.5 Å². The number of fused-ring (bicyclic) bond motifs is 1. The van der Waals surface area contributed by atoms with E-state index in [9.17, 15) is 9.18 Å². The molecule has 0 saturated heterocycles. The lowest BCUT2D eigenvalue weighted by Crippen LogP contribution is -2.02. The zero-order valence-electron chi connectivity index (χ0n) is 14.0. The van der Waals surface area contributed by atoms with Crippen LogP contribution in [0.25, 0.3) is 5.65 Å². The average molecular weight is 338 g/mol. The molecule has 25 heavy (non-hydrogen) atoms. The zero-order valence-corrected chi connectivity index (χ0v) is 14.0. The summed E-state index contributed by atoms with van der Waals surface area (Å²) in [5.41, 5.74) is 2.51. The number of benzene rings is 1. The van der Waals surface area contributed by atoms with Crippen molar-refractivity contribution < 1.29 is 13.9 Å². The van der Waals surface area contributed by atoms with Crippen LogP contribution in [-0.4, -0.2) is 15.2 Å². The molecule has 0 atom stereocenters. The summed E-state index contributed by atoms with van der Waals surface area (Å²) in [5, 5.41) is 0. The van der Waals surface area contributed by atoms with Gasteiger partial charge in [0.2, 0.25) is 0 Å². The second-order valence-corrected chi connectivity index (χ2v) is 6.64. The number of imidazole rings is 1. The molecular formula is C20H19FN2O2. The maximum absolute atomic E-state index is 13.9. The van der Waals surface area contributed by atoms with Crippen molar-refractivity contribution in [2.75, 3.05) is 0 Å². The van der Waals surface area contributed by atoms with Gasteiger partial charge in [-0.1, -0.05) is 6.07 Å². The number of carbonyl (C=O) groups excluding carboxylic acids is 1. The summed E-state index contributed by atoms with van der Waals surface area (Å²) in [5.74, 6) is 0.982. The van der Waals surface area contributed by atoms with Crippen molar-refractivity contribution in [3.05, 3.63) is 59.8 Å². The van der Waals surface area contributed by atoms with Crippen molar-refractivity contribution in [3.63, 3.8) is 0 Å². The van der Waals surface area contributed by atoms with E-state index in [4.69, 9.17) is 4.74 Å². The molecule has 3 aromatic rings. The number of pyridine rings is 1.